The normalized spacial score (nSPS) is 12.1. The molecule has 1 aromatic carbocycles. The van der Waals surface area contributed by atoms with Crippen LogP contribution in [-0.2, 0) is 4.79 Å². The molecule has 144 valence electrons. The lowest BCUT2D eigenvalue weighted by atomic mass is 10.2. The Morgan fingerprint density at radius 3 is 2.93 bits per heavy atom. The summed E-state index contributed by atoms with van der Waals surface area (Å²) in [7, 11) is 0. The average Bonchev–Trinajstić information content (AvgIpc) is 2.61. The van der Waals surface area contributed by atoms with Crippen LogP contribution in [0.3, 0.4) is 0 Å². The van der Waals surface area contributed by atoms with Crippen molar-refractivity contribution in [2.45, 2.75) is 24.1 Å². The van der Waals surface area contributed by atoms with Gasteiger partial charge in [0.15, 0.2) is 16.5 Å². The third-order valence-electron chi connectivity index (χ3n) is 3.08. The van der Waals surface area contributed by atoms with E-state index in [1.54, 1.807) is 26.0 Å². The third kappa shape index (κ3) is 5.69. The lowest BCUT2D eigenvalue weighted by Crippen LogP contribution is -2.30. The van der Waals surface area contributed by atoms with Crippen molar-refractivity contribution >= 4 is 39.8 Å². The molecule has 0 bridgehead atoms. The highest BCUT2D eigenvalue weighted by atomic mass is 79.9. The highest BCUT2D eigenvalue weighted by molar-refractivity contribution is 9.10. The Morgan fingerprint density at radius 1 is 1.52 bits per heavy atom. The van der Waals surface area contributed by atoms with E-state index in [9.17, 15) is 19.5 Å². The molecule has 27 heavy (non-hydrogen) atoms. The molecule has 12 heteroatoms. The molecule has 0 radical (unpaired) electrons. The number of carbonyl (C=O) groups excluding carboxylic acids is 1. The number of nitrogens with one attached hydrogen (secondary N) is 3. The summed E-state index contributed by atoms with van der Waals surface area (Å²) in [4.78, 5) is 36.6. The first-order valence-electron chi connectivity index (χ1n) is 7.65. The number of thioether (sulfide) groups is 1. The monoisotopic (exact) mass is 457 g/mol. The largest absolute Gasteiger partial charge is 0.503 e. The number of rotatable bonds is 7. The zero-order chi connectivity index (χ0) is 20.0. The number of hydrogen-bond acceptors (Lipinski definition) is 8. The number of carbonyl (C=O) groups is 1. The van der Waals surface area contributed by atoms with Crippen LogP contribution in [0.1, 0.15) is 19.4 Å². The Kier molecular flexibility index (Phi) is 7.19. The molecule has 1 unspecified atom stereocenters. The number of hydrazone groups is 1. The molecule has 10 nitrogen and oxygen atoms in total. The quantitative estimate of drug-likeness (QED) is 0.274. The maximum absolute atomic E-state index is 12.1. The van der Waals surface area contributed by atoms with Crippen LogP contribution in [0.2, 0.25) is 0 Å². The minimum Gasteiger partial charge on any atom is -0.503 e. The van der Waals surface area contributed by atoms with Gasteiger partial charge in [-0.15, -0.1) is 0 Å². The molecule has 0 saturated heterocycles. The van der Waals surface area contributed by atoms with Crippen LogP contribution < -0.4 is 21.4 Å². The lowest BCUT2D eigenvalue weighted by molar-refractivity contribution is -0.120. The van der Waals surface area contributed by atoms with Gasteiger partial charge in [0.05, 0.1) is 22.5 Å². The van der Waals surface area contributed by atoms with Crippen molar-refractivity contribution in [3.63, 3.8) is 0 Å². The van der Waals surface area contributed by atoms with E-state index in [2.05, 4.69) is 36.7 Å². The van der Waals surface area contributed by atoms with E-state index in [1.807, 2.05) is 4.98 Å². The van der Waals surface area contributed by atoms with Crippen molar-refractivity contribution in [1.29, 1.82) is 0 Å². The molecule has 0 aliphatic carbocycles. The fourth-order valence-corrected chi connectivity index (χ4v) is 3.04. The van der Waals surface area contributed by atoms with Crippen LogP contribution in [0.15, 0.2) is 36.3 Å². The molecule has 0 fully saturated rings. The van der Waals surface area contributed by atoms with Gasteiger partial charge < -0.3 is 9.84 Å². The van der Waals surface area contributed by atoms with Crippen molar-refractivity contribution in [1.82, 2.24) is 20.6 Å². The van der Waals surface area contributed by atoms with Crippen LogP contribution in [0.5, 0.6) is 11.5 Å². The highest BCUT2D eigenvalue weighted by Crippen LogP contribution is 2.35. The predicted molar refractivity (Wildman–Crippen MR) is 104 cm³/mol. The SMILES string of the molecule is CCOc1cc(/C=N/NC(=O)C(C)Sc2n[nH]c(=O)[nH]c2=O)cc(Br)c1O. The Bertz CT molecular complexity index is 974. The molecule has 1 heterocycles. The molecule has 0 aliphatic heterocycles. The fraction of sp³-hybridized carbons (Fsp3) is 0.267. The number of aromatic hydroxyl groups is 1. The first-order valence-corrected chi connectivity index (χ1v) is 9.33. The van der Waals surface area contributed by atoms with Crippen molar-refractivity contribution in [2.24, 2.45) is 5.10 Å². The third-order valence-corrected chi connectivity index (χ3v) is 4.75. The standard InChI is InChI=1S/C15H16BrN5O5S/c1-3-26-10-5-8(4-9(16)11(10)22)6-17-19-12(23)7(2)27-14-13(24)18-15(25)21-20-14/h4-7,22H,3H2,1-2H3,(H,19,23)(H2,18,21,24,25)/b17-6+. The Balaban J connectivity index is 2.02. The molecule has 4 N–H and O–H groups in total. The second kappa shape index (κ2) is 9.37. The Morgan fingerprint density at radius 2 is 2.26 bits per heavy atom. The van der Waals surface area contributed by atoms with Gasteiger partial charge in [0.1, 0.15) is 0 Å². The van der Waals surface area contributed by atoms with Gasteiger partial charge >= 0.3 is 5.69 Å². The molecular weight excluding hydrogens is 442 g/mol. The van der Waals surface area contributed by atoms with E-state index < -0.39 is 22.4 Å². The second-order valence-corrected chi connectivity index (χ2v) is 7.27. The summed E-state index contributed by atoms with van der Waals surface area (Å²) in [5.74, 6) is -0.208. The molecule has 2 aromatic rings. The summed E-state index contributed by atoms with van der Waals surface area (Å²) in [6.45, 7) is 3.73. The van der Waals surface area contributed by atoms with Gasteiger partial charge in [0, 0.05) is 0 Å². The van der Waals surface area contributed by atoms with Gasteiger partial charge in [-0.25, -0.2) is 15.3 Å². The van der Waals surface area contributed by atoms with Crippen LogP contribution in [0, 0.1) is 0 Å². The van der Waals surface area contributed by atoms with Gasteiger partial charge in [0.25, 0.3) is 11.5 Å². The first-order chi connectivity index (χ1) is 12.8. The van der Waals surface area contributed by atoms with Crippen LogP contribution >= 0.6 is 27.7 Å². The number of nitrogens with zero attached hydrogens (tertiary/aromatic N) is 2. The van der Waals surface area contributed by atoms with Gasteiger partial charge in [-0.2, -0.15) is 10.2 Å². The number of hydrogen-bond donors (Lipinski definition) is 4. The molecule has 0 saturated carbocycles. The molecular formula is C15H16BrN5O5S. The maximum atomic E-state index is 12.1. The average molecular weight is 458 g/mol. The topological polar surface area (TPSA) is 150 Å². The van der Waals surface area contributed by atoms with Crippen LogP contribution in [0.25, 0.3) is 0 Å². The predicted octanol–water partition coefficient (Wildman–Crippen LogP) is 0.956. The summed E-state index contributed by atoms with van der Waals surface area (Å²) in [5.41, 5.74) is 1.53. The minimum absolute atomic E-state index is 0.0262. The van der Waals surface area contributed by atoms with Gasteiger partial charge in [-0.05, 0) is 47.5 Å². The van der Waals surface area contributed by atoms with Gasteiger partial charge in [-0.1, -0.05) is 11.8 Å². The summed E-state index contributed by atoms with van der Waals surface area (Å²) in [6, 6.07) is 3.18. The van der Waals surface area contributed by atoms with E-state index >= 15 is 0 Å². The summed E-state index contributed by atoms with van der Waals surface area (Å²) >= 11 is 4.09. The number of phenols is 1. The lowest BCUT2D eigenvalue weighted by Gasteiger charge is -2.09. The molecule has 1 aromatic heterocycles. The fourth-order valence-electron chi connectivity index (χ4n) is 1.83. The Hall–Kier alpha value is -2.60. The van der Waals surface area contributed by atoms with Crippen molar-refractivity contribution < 1.29 is 14.6 Å². The van der Waals surface area contributed by atoms with Crippen molar-refractivity contribution in [3.05, 3.63) is 43.0 Å². The van der Waals surface area contributed by atoms with Crippen LogP contribution in [0.4, 0.5) is 0 Å². The van der Waals surface area contributed by atoms with Crippen molar-refractivity contribution in [2.75, 3.05) is 6.61 Å². The number of benzene rings is 1. The second-order valence-electron chi connectivity index (χ2n) is 5.09. The zero-order valence-corrected chi connectivity index (χ0v) is 16.7. The molecule has 1 atom stereocenters. The molecule has 0 aliphatic rings. The zero-order valence-electron chi connectivity index (χ0n) is 14.3. The summed E-state index contributed by atoms with van der Waals surface area (Å²) < 4.78 is 5.74. The number of ether oxygens (including phenoxy) is 1. The Labute approximate surface area is 165 Å². The van der Waals surface area contributed by atoms with E-state index in [1.165, 1.54) is 6.21 Å². The molecule has 2 rings (SSSR count). The first kappa shape index (κ1) is 20.7. The minimum atomic E-state index is -0.725. The molecule has 1 amide bonds. The smallest absolute Gasteiger partial charge is 0.342 e. The maximum Gasteiger partial charge on any atom is 0.342 e. The number of aromatic amines is 2. The number of H-pyrrole nitrogens is 2. The van der Waals surface area contributed by atoms with E-state index in [0.29, 0.717) is 16.6 Å². The highest BCUT2D eigenvalue weighted by Gasteiger charge is 2.17. The van der Waals surface area contributed by atoms with E-state index in [0.717, 1.165) is 11.8 Å². The molecule has 0 spiro atoms. The number of amides is 1. The van der Waals surface area contributed by atoms with Crippen molar-refractivity contribution in [3.8, 4) is 11.5 Å². The number of aromatic nitrogens is 3. The summed E-state index contributed by atoms with van der Waals surface area (Å²) in [5, 5.41) is 18.7. The van der Waals surface area contributed by atoms with Gasteiger partial charge in [0.2, 0.25) is 0 Å². The van der Waals surface area contributed by atoms with E-state index in [4.69, 9.17) is 4.74 Å². The number of phenolic OH excluding ortho intramolecular Hbond substituents is 1. The number of halogens is 1. The van der Waals surface area contributed by atoms with Gasteiger partial charge in [-0.3, -0.25) is 14.6 Å². The summed E-state index contributed by atoms with van der Waals surface area (Å²) in [6.07, 6.45) is 1.38. The van der Waals surface area contributed by atoms with Crippen LogP contribution in [-0.4, -0.2) is 44.3 Å². The van der Waals surface area contributed by atoms with E-state index in [-0.39, 0.29) is 16.5 Å².